The van der Waals surface area contributed by atoms with Crippen LogP contribution in [0.15, 0.2) is 42.5 Å². The molecular weight excluding hydrogens is 342 g/mol. The fraction of sp³-hybridized carbons (Fsp3) is 0.118. The van der Waals surface area contributed by atoms with Crippen LogP contribution in [0.2, 0.25) is 0 Å². The first-order valence-corrected chi connectivity index (χ1v) is 7.95. The predicted octanol–water partition coefficient (Wildman–Crippen LogP) is 1.59. The van der Waals surface area contributed by atoms with Gasteiger partial charge in [0.25, 0.3) is 11.8 Å². The first kappa shape index (κ1) is 15.4. The van der Waals surface area contributed by atoms with E-state index in [1.54, 1.807) is 24.3 Å². The summed E-state index contributed by atoms with van der Waals surface area (Å²) in [5.41, 5.74) is 4.29. The van der Waals surface area contributed by atoms with Crippen LogP contribution in [0.25, 0.3) is 0 Å². The summed E-state index contributed by atoms with van der Waals surface area (Å²) >= 11 is 5.18. The summed E-state index contributed by atoms with van der Waals surface area (Å²) < 4.78 is 10.6. The molecule has 0 spiro atoms. The average Bonchev–Trinajstić information content (AvgIpc) is 3.19. The number of carbonyl (C=O) groups is 2. The van der Waals surface area contributed by atoms with Crippen LogP contribution in [0, 0.1) is 0 Å². The van der Waals surface area contributed by atoms with Crippen molar-refractivity contribution in [1.29, 1.82) is 0 Å². The van der Waals surface area contributed by atoms with E-state index < -0.39 is 11.8 Å². The highest BCUT2D eigenvalue weighted by molar-refractivity contribution is 7.80. The summed E-state index contributed by atoms with van der Waals surface area (Å²) in [6.07, 6.45) is 0. The number of fused-ring (bicyclic) bond motifs is 2. The molecule has 0 fully saturated rings. The summed E-state index contributed by atoms with van der Waals surface area (Å²) in [6, 6.07) is 12.2. The Morgan fingerprint density at radius 1 is 1.04 bits per heavy atom. The number of hydrogen-bond acceptors (Lipinski definition) is 5. The third kappa shape index (κ3) is 2.76. The topological polar surface area (TPSA) is 79.9 Å². The fourth-order valence-electron chi connectivity index (χ4n) is 2.67. The maximum absolute atomic E-state index is 12.3. The minimum absolute atomic E-state index is 0.173. The quantitative estimate of drug-likeness (QED) is 0.639. The van der Waals surface area contributed by atoms with Crippen LogP contribution < -0.4 is 20.2 Å². The Morgan fingerprint density at radius 3 is 2.44 bits per heavy atom. The third-order valence-corrected chi connectivity index (χ3v) is 4.13. The van der Waals surface area contributed by atoms with Crippen molar-refractivity contribution >= 4 is 29.1 Å². The van der Waals surface area contributed by atoms with E-state index in [2.05, 4.69) is 10.7 Å². The van der Waals surface area contributed by atoms with Gasteiger partial charge in [0.1, 0.15) is 0 Å². The highest BCUT2D eigenvalue weighted by Gasteiger charge is 2.35. The van der Waals surface area contributed by atoms with E-state index in [0.717, 1.165) is 10.6 Å². The van der Waals surface area contributed by atoms with Crippen LogP contribution in [0.1, 0.15) is 26.3 Å². The second-order valence-electron chi connectivity index (χ2n) is 5.47. The van der Waals surface area contributed by atoms with Gasteiger partial charge in [-0.25, -0.2) is 0 Å². The lowest BCUT2D eigenvalue weighted by atomic mass is 10.1. The number of rotatable bonds is 3. The summed E-state index contributed by atoms with van der Waals surface area (Å²) in [7, 11) is 0. The Balaban J connectivity index is 1.38. The Labute approximate surface area is 148 Å². The van der Waals surface area contributed by atoms with Gasteiger partial charge in [-0.1, -0.05) is 18.2 Å². The van der Waals surface area contributed by atoms with Gasteiger partial charge in [0.2, 0.25) is 6.79 Å². The zero-order valence-corrected chi connectivity index (χ0v) is 13.8. The van der Waals surface area contributed by atoms with E-state index in [1.807, 2.05) is 18.2 Å². The first-order chi connectivity index (χ1) is 12.1. The van der Waals surface area contributed by atoms with E-state index in [1.165, 1.54) is 0 Å². The van der Waals surface area contributed by atoms with Gasteiger partial charge in [-0.2, -0.15) is 5.01 Å². The summed E-state index contributed by atoms with van der Waals surface area (Å²) in [5.74, 6) is 0.537. The van der Waals surface area contributed by atoms with Crippen molar-refractivity contribution in [3.63, 3.8) is 0 Å². The van der Waals surface area contributed by atoms with Crippen molar-refractivity contribution in [3.05, 3.63) is 59.2 Å². The van der Waals surface area contributed by atoms with E-state index in [4.69, 9.17) is 21.7 Å². The van der Waals surface area contributed by atoms with Crippen LogP contribution in [0.4, 0.5) is 0 Å². The van der Waals surface area contributed by atoms with Gasteiger partial charge in [0.15, 0.2) is 16.6 Å². The zero-order chi connectivity index (χ0) is 17.4. The van der Waals surface area contributed by atoms with Crippen molar-refractivity contribution in [2.24, 2.45) is 0 Å². The number of nitrogens with zero attached hydrogens (tertiary/aromatic N) is 1. The summed E-state index contributed by atoms with van der Waals surface area (Å²) in [6.45, 7) is 0.623. The molecule has 2 aliphatic rings. The Kier molecular flexibility index (Phi) is 3.73. The lowest BCUT2D eigenvalue weighted by Crippen LogP contribution is -2.49. The Bertz CT molecular complexity index is 864. The van der Waals surface area contributed by atoms with Crippen molar-refractivity contribution in [2.45, 2.75) is 6.54 Å². The maximum Gasteiger partial charge on any atom is 0.280 e. The van der Waals surface area contributed by atoms with Gasteiger partial charge in [-0.3, -0.25) is 15.0 Å². The van der Waals surface area contributed by atoms with Gasteiger partial charge < -0.3 is 14.8 Å². The van der Waals surface area contributed by atoms with E-state index in [0.29, 0.717) is 29.2 Å². The average molecular weight is 355 g/mol. The van der Waals surface area contributed by atoms with Crippen LogP contribution in [0.5, 0.6) is 11.5 Å². The van der Waals surface area contributed by atoms with E-state index in [-0.39, 0.29) is 11.9 Å². The lowest BCUT2D eigenvalue weighted by Gasteiger charge is -2.18. The molecule has 126 valence electrons. The molecular formula is C17H13N3O4S. The molecule has 0 unspecified atom stereocenters. The normalized spacial score (nSPS) is 14.5. The first-order valence-electron chi connectivity index (χ1n) is 7.54. The molecule has 2 N–H and O–H groups in total. The molecule has 0 radical (unpaired) electrons. The van der Waals surface area contributed by atoms with Crippen molar-refractivity contribution in [1.82, 2.24) is 15.8 Å². The smallest absolute Gasteiger partial charge is 0.280 e. The monoisotopic (exact) mass is 355 g/mol. The fourth-order valence-corrected chi connectivity index (χ4v) is 2.83. The molecule has 0 aromatic heterocycles. The highest BCUT2D eigenvalue weighted by Crippen LogP contribution is 2.32. The van der Waals surface area contributed by atoms with Crippen LogP contribution in [0.3, 0.4) is 0 Å². The molecule has 2 heterocycles. The van der Waals surface area contributed by atoms with Gasteiger partial charge in [-0.15, -0.1) is 0 Å². The molecule has 0 saturated carbocycles. The molecule has 0 saturated heterocycles. The number of imide groups is 1. The molecule has 0 atom stereocenters. The summed E-state index contributed by atoms with van der Waals surface area (Å²) in [5, 5.41) is 4.05. The number of thiocarbonyl (C=S) groups is 1. The number of hydrazine groups is 1. The second kappa shape index (κ2) is 6.06. The standard InChI is InChI=1S/C17H13N3O4S/c21-15-11-3-1-2-4-12(11)16(22)20(15)19-17(25)18-8-10-5-6-13-14(7-10)24-9-23-13/h1-7H,8-9H2,(H2,18,19,25). The molecule has 2 aromatic carbocycles. The number of ether oxygens (including phenoxy) is 2. The zero-order valence-electron chi connectivity index (χ0n) is 12.9. The minimum Gasteiger partial charge on any atom is -0.454 e. The van der Waals surface area contributed by atoms with Crippen LogP contribution in [-0.4, -0.2) is 28.7 Å². The number of benzene rings is 2. The largest absolute Gasteiger partial charge is 0.454 e. The minimum atomic E-state index is -0.423. The van der Waals surface area contributed by atoms with Crippen molar-refractivity contribution < 1.29 is 19.1 Å². The highest BCUT2D eigenvalue weighted by atomic mass is 32.1. The molecule has 2 aromatic rings. The molecule has 0 aliphatic carbocycles. The van der Waals surface area contributed by atoms with E-state index >= 15 is 0 Å². The van der Waals surface area contributed by atoms with Crippen LogP contribution >= 0.6 is 12.2 Å². The lowest BCUT2D eigenvalue weighted by molar-refractivity contribution is 0.0611. The number of carbonyl (C=O) groups excluding carboxylic acids is 2. The SMILES string of the molecule is O=C1c2ccccc2C(=O)N1NC(=S)NCc1ccc2c(c1)OCO2. The van der Waals surface area contributed by atoms with E-state index in [9.17, 15) is 9.59 Å². The maximum atomic E-state index is 12.3. The number of nitrogens with one attached hydrogen (secondary N) is 2. The molecule has 7 nitrogen and oxygen atoms in total. The Morgan fingerprint density at radius 2 is 1.72 bits per heavy atom. The molecule has 25 heavy (non-hydrogen) atoms. The van der Waals surface area contributed by atoms with Crippen LogP contribution in [-0.2, 0) is 6.54 Å². The van der Waals surface area contributed by atoms with Crippen molar-refractivity contribution in [2.75, 3.05) is 6.79 Å². The molecule has 8 heteroatoms. The third-order valence-electron chi connectivity index (χ3n) is 3.90. The van der Waals surface area contributed by atoms with Gasteiger partial charge in [0, 0.05) is 6.54 Å². The summed E-state index contributed by atoms with van der Waals surface area (Å²) in [4.78, 5) is 24.5. The number of hydrogen-bond donors (Lipinski definition) is 2. The molecule has 4 rings (SSSR count). The number of amides is 2. The second-order valence-corrected chi connectivity index (χ2v) is 5.88. The predicted molar refractivity (Wildman–Crippen MR) is 92.1 cm³/mol. The van der Waals surface area contributed by atoms with Gasteiger partial charge in [0.05, 0.1) is 11.1 Å². The molecule has 2 aliphatic heterocycles. The van der Waals surface area contributed by atoms with Gasteiger partial charge >= 0.3 is 0 Å². The van der Waals surface area contributed by atoms with Gasteiger partial charge in [-0.05, 0) is 42.0 Å². The molecule has 2 amide bonds. The molecule has 0 bridgehead atoms. The Hall–Kier alpha value is -3.13. The van der Waals surface area contributed by atoms with Crippen molar-refractivity contribution in [3.8, 4) is 11.5 Å².